The average molecular weight is 389 g/mol. The number of hydrogen-bond acceptors (Lipinski definition) is 5. The molecule has 1 N–H and O–H groups in total. The Balaban J connectivity index is 1.45. The highest BCUT2D eigenvalue weighted by Crippen LogP contribution is 2.16. The van der Waals surface area contributed by atoms with E-state index in [0.717, 1.165) is 24.2 Å². The molecule has 0 aliphatic carbocycles. The second-order valence-electron chi connectivity index (χ2n) is 6.53. The van der Waals surface area contributed by atoms with Crippen LogP contribution in [-0.4, -0.2) is 30.4 Å². The van der Waals surface area contributed by atoms with Crippen LogP contribution in [0.3, 0.4) is 0 Å². The van der Waals surface area contributed by atoms with Crippen LogP contribution in [0.1, 0.15) is 24.2 Å². The standard InChI is InChI=1S/C18H18ClFN6O/c19-13-9-21-17(22-10-13)23-15-5-6-16-24-26(18(27)25(16)8-7-15)11-12-1-3-14(20)4-2-12/h1-4,9-10,15H,5-8,11H2,(H,21,22,23). The van der Waals surface area contributed by atoms with Crippen LogP contribution in [0.15, 0.2) is 41.5 Å². The summed E-state index contributed by atoms with van der Waals surface area (Å²) in [7, 11) is 0. The molecule has 7 nitrogen and oxygen atoms in total. The molecule has 0 saturated carbocycles. The highest BCUT2D eigenvalue weighted by molar-refractivity contribution is 6.30. The van der Waals surface area contributed by atoms with Crippen LogP contribution >= 0.6 is 11.6 Å². The van der Waals surface area contributed by atoms with E-state index in [1.165, 1.54) is 16.8 Å². The van der Waals surface area contributed by atoms with Gasteiger partial charge in [-0.1, -0.05) is 23.7 Å². The number of nitrogens with zero attached hydrogens (tertiary/aromatic N) is 5. The lowest BCUT2D eigenvalue weighted by atomic mass is 10.1. The third kappa shape index (κ3) is 4.00. The lowest BCUT2D eigenvalue weighted by molar-refractivity contribution is 0.551. The van der Waals surface area contributed by atoms with Crippen LogP contribution in [0.4, 0.5) is 10.3 Å². The van der Waals surface area contributed by atoms with Gasteiger partial charge in [0.1, 0.15) is 11.6 Å². The lowest BCUT2D eigenvalue weighted by Gasteiger charge is -2.15. The van der Waals surface area contributed by atoms with E-state index in [4.69, 9.17) is 11.6 Å². The molecule has 0 radical (unpaired) electrons. The summed E-state index contributed by atoms with van der Waals surface area (Å²) < 4.78 is 16.2. The molecule has 3 heterocycles. The van der Waals surface area contributed by atoms with Crippen molar-refractivity contribution in [3.63, 3.8) is 0 Å². The molecule has 0 saturated heterocycles. The van der Waals surface area contributed by atoms with Crippen molar-refractivity contribution in [2.45, 2.75) is 38.4 Å². The molecule has 27 heavy (non-hydrogen) atoms. The van der Waals surface area contributed by atoms with Crippen LogP contribution in [0.2, 0.25) is 5.02 Å². The fraction of sp³-hybridized carbons (Fsp3) is 0.333. The number of rotatable bonds is 4. The van der Waals surface area contributed by atoms with Crippen molar-refractivity contribution in [2.24, 2.45) is 0 Å². The van der Waals surface area contributed by atoms with Gasteiger partial charge in [0.2, 0.25) is 5.95 Å². The predicted molar refractivity (Wildman–Crippen MR) is 99.4 cm³/mol. The molecule has 1 aliphatic rings. The molecule has 0 spiro atoms. The van der Waals surface area contributed by atoms with Crippen LogP contribution in [0.5, 0.6) is 0 Å². The maximum atomic E-state index is 13.0. The van der Waals surface area contributed by atoms with Gasteiger partial charge in [0.05, 0.1) is 24.0 Å². The molecule has 4 rings (SSSR count). The van der Waals surface area contributed by atoms with Gasteiger partial charge in [0.15, 0.2) is 0 Å². The zero-order chi connectivity index (χ0) is 18.8. The van der Waals surface area contributed by atoms with Gasteiger partial charge in [0.25, 0.3) is 0 Å². The normalized spacial score (nSPS) is 16.6. The minimum absolute atomic E-state index is 0.141. The van der Waals surface area contributed by atoms with Gasteiger partial charge in [-0.05, 0) is 30.5 Å². The SMILES string of the molecule is O=c1n(Cc2ccc(F)cc2)nc2n1CCC(Nc1ncc(Cl)cn1)CC2. The lowest BCUT2D eigenvalue weighted by Crippen LogP contribution is -2.27. The van der Waals surface area contributed by atoms with E-state index in [9.17, 15) is 9.18 Å². The molecule has 9 heteroatoms. The Bertz CT molecular complexity index is 983. The predicted octanol–water partition coefficient (Wildman–Crippen LogP) is 2.49. The zero-order valence-electron chi connectivity index (χ0n) is 14.5. The van der Waals surface area contributed by atoms with E-state index in [1.807, 2.05) is 0 Å². The average Bonchev–Trinajstić information content (AvgIpc) is 2.83. The number of benzene rings is 1. The van der Waals surface area contributed by atoms with E-state index in [-0.39, 0.29) is 17.5 Å². The summed E-state index contributed by atoms with van der Waals surface area (Å²) in [5, 5.41) is 8.25. The third-order valence-corrected chi connectivity index (χ3v) is 4.81. The molecule has 140 valence electrons. The molecule has 1 aliphatic heterocycles. The third-order valence-electron chi connectivity index (χ3n) is 4.62. The summed E-state index contributed by atoms with van der Waals surface area (Å²) in [6.45, 7) is 0.905. The van der Waals surface area contributed by atoms with Crippen LogP contribution in [0, 0.1) is 5.82 Å². The summed E-state index contributed by atoms with van der Waals surface area (Å²) in [5.41, 5.74) is 0.698. The number of hydrogen-bond donors (Lipinski definition) is 1. The summed E-state index contributed by atoms with van der Waals surface area (Å²) >= 11 is 5.80. The molecule has 2 aromatic heterocycles. The highest BCUT2D eigenvalue weighted by atomic mass is 35.5. The van der Waals surface area contributed by atoms with Crippen molar-refractivity contribution in [1.29, 1.82) is 0 Å². The summed E-state index contributed by atoms with van der Waals surface area (Å²) in [5.74, 6) is 0.996. The van der Waals surface area contributed by atoms with E-state index in [2.05, 4.69) is 20.4 Å². The number of aryl methyl sites for hydroxylation is 1. The van der Waals surface area contributed by atoms with E-state index in [0.29, 0.717) is 30.5 Å². The topological polar surface area (TPSA) is 77.6 Å². The smallest absolute Gasteiger partial charge is 0.346 e. The van der Waals surface area contributed by atoms with Gasteiger partial charge in [-0.15, -0.1) is 0 Å². The molecule has 0 bridgehead atoms. The van der Waals surface area contributed by atoms with Gasteiger partial charge < -0.3 is 5.32 Å². The van der Waals surface area contributed by atoms with Crippen molar-refractivity contribution >= 4 is 17.5 Å². The maximum absolute atomic E-state index is 13.0. The Hall–Kier alpha value is -2.74. The molecule has 1 atom stereocenters. The van der Waals surface area contributed by atoms with Gasteiger partial charge in [0, 0.05) is 19.0 Å². The second kappa shape index (κ2) is 7.48. The van der Waals surface area contributed by atoms with Crippen molar-refractivity contribution in [3.05, 3.63) is 69.4 Å². The second-order valence-corrected chi connectivity index (χ2v) is 6.96. The van der Waals surface area contributed by atoms with Gasteiger partial charge in [-0.3, -0.25) is 4.57 Å². The monoisotopic (exact) mass is 388 g/mol. The fourth-order valence-electron chi connectivity index (χ4n) is 3.21. The van der Waals surface area contributed by atoms with Gasteiger partial charge in [-0.25, -0.2) is 23.8 Å². The largest absolute Gasteiger partial charge is 0.351 e. The maximum Gasteiger partial charge on any atom is 0.346 e. The first-order valence-electron chi connectivity index (χ1n) is 8.73. The minimum atomic E-state index is -0.296. The fourth-order valence-corrected chi connectivity index (χ4v) is 3.31. The van der Waals surface area contributed by atoms with Crippen molar-refractivity contribution in [1.82, 2.24) is 24.3 Å². The number of aromatic nitrogens is 5. The number of nitrogens with one attached hydrogen (secondary N) is 1. The quantitative estimate of drug-likeness (QED) is 0.743. The van der Waals surface area contributed by atoms with Crippen LogP contribution < -0.4 is 11.0 Å². The van der Waals surface area contributed by atoms with Crippen LogP contribution in [-0.2, 0) is 19.5 Å². The highest BCUT2D eigenvalue weighted by Gasteiger charge is 2.21. The first-order valence-corrected chi connectivity index (χ1v) is 9.11. The Morgan fingerprint density at radius 1 is 1.19 bits per heavy atom. The van der Waals surface area contributed by atoms with Crippen molar-refractivity contribution in [2.75, 3.05) is 5.32 Å². The molecule has 0 amide bonds. The molecule has 1 unspecified atom stereocenters. The summed E-state index contributed by atoms with van der Waals surface area (Å²) in [4.78, 5) is 21.0. The molecule has 3 aromatic rings. The summed E-state index contributed by atoms with van der Waals surface area (Å²) in [6.07, 6.45) is 5.36. The Morgan fingerprint density at radius 2 is 1.93 bits per heavy atom. The molecular formula is C18H18ClFN6O. The minimum Gasteiger partial charge on any atom is -0.351 e. The Kier molecular flexibility index (Phi) is 4.89. The number of anilines is 1. The summed E-state index contributed by atoms with van der Waals surface area (Å²) in [6, 6.07) is 6.25. The van der Waals surface area contributed by atoms with E-state index >= 15 is 0 Å². The van der Waals surface area contributed by atoms with E-state index in [1.54, 1.807) is 29.1 Å². The first-order chi connectivity index (χ1) is 13.1. The zero-order valence-corrected chi connectivity index (χ0v) is 15.2. The number of fused-ring (bicyclic) bond motifs is 1. The van der Waals surface area contributed by atoms with Crippen molar-refractivity contribution < 1.29 is 4.39 Å². The van der Waals surface area contributed by atoms with Gasteiger partial charge >= 0.3 is 5.69 Å². The van der Waals surface area contributed by atoms with E-state index < -0.39 is 0 Å². The number of halogens is 2. The molecule has 1 aromatic carbocycles. The van der Waals surface area contributed by atoms with Crippen LogP contribution in [0.25, 0.3) is 0 Å². The molecular weight excluding hydrogens is 371 g/mol. The Morgan fingerprint density at radius 3 is 2.67 bits per heavy atom. The Labute approximate surface area is 159 Å². The first kappa shape index (κ1) is 17.7. The van der Waals surface area contributed by atoms with Crippen molar-refractivity contribution in [3.8, 4) is 0 Å². The molecule has 0 fully saturated rings. The van der Waals surface area contributed by atoms with Gasteiger partial charge in [-0.2, -0.15) is 5.10 Å².